The van der Waals surface area contributed by atoms with E-state index < -0.39 is 32.3 Å². The van der Waals surface area contributed by atoms with Crippen LogP contribution in [0.4, 0.5) is 0 Å². The maximum Gasteiger partial charge on any atom is 1.00 e. The van der Waals surface area contributed by atoms with Gasteiger partial charge in [0.1, 0.15) is 10.6 Å². The molecule has 0 aliphatic rings. The summed E-state index contributed by atoms with van der Waals surface area (Å²) in [5, 5.41) is 19.5. The van der Waals surface area contributed by atoms with E-state index in [2.05, 4.69) is 0 Å². The van der Waals surface area contributed by atoms with E-state index in [4.69, 9.17) is 9.66 Å². The number of carbonyl (C=O) groups excluding carboxylic acids is 1. The molecule has 0 atom stereocenters. The number of rotatable bonds is 2. The number of phenols is 1. The van der Waals surface area contributed by atoms with Gasteiger partial charge >= 0.3 is 51.4 Å². The van der Waals surface area contributed by atoms with E-state index in [-0.39, 0.29) is 51.4 Å². The zero-order chi connectivity index (χ0) is 10.9. The zero-order valence-corrected chi connectivity index (χ0v) is 11.6. The minimum Gasteiger partial charge on any atom is -0.545 e. The summed E-state index contributed by atoms with van der Waals surface area (Å²) in [5.41, 5.74) is -0.694. The molecular formula is C7H5KO6S. The molecular weight excluding hydrogens is 251 g/mol. The standard InChI is InChI=1S/C7H6O6S.K/c8-6-4(7(9)10)2-1-3-5(6)14(11,12)13;/h1-3,8H,(H,9,10)(H,11,12,13);/q;+1/p-1. The Morgan fingerprint density at radius 1 is 1.33 bits per heavy atom. The Hall–Kier alpha value is 0.0364. The van der Waals surface area contributed by atoms with Crippen LogP contribution in [0, 0.1) is 0 Å². The molecule has 0 heterocycles. The molecule has 6 nitrogen and oxygen atoms in total. The van der Waals surface area contributed by atoms with Crippen molar-refractivity contribution in [3.8, 4) is 5.75 Å². The van der Waals surface area contributed by atoms with Crippen molar-refractivity contribution < 1.29 is 79.4 Å². The summed E-state index contributed by atoms with van der Waals surface area (Å²) in [6.07, 6.45) is 0. The van der Waals surface area contributed by atoms with E-state index in [9.17, 15) is 18.3 Å². The summed E-state index contributed by atoms with van der Waals surface area (Å²) in [7, 11) is -4.63. The van der Waals surface area contributed by atoms with Crippen LogP contribution in [0.2, 0.25) is 0 Å². The van der Waals surface area contributed by atoms with Crippen molar-refractivity contribution in [1.29, 1.82) is 0 Å². The van der Waals surface area contributed by atoms with Gasteiger partial charge in [0.15, 0.2) is 0 Å². The number of hydrogen-bond donors (Lipinski definition) is 2. The Morgan fingerprint density at radius 3 is 2.27 bits per heavy atom. The predicted octanol–water partition coefficient (Wildman–Crippen LogP) is -3.99. The third-order valence-electron chi connectivity index (χ3n) is 1.50. The minimum absolute atomic E-state index is 0. The number of benzene rings is 1. The van der Waals surface area contributed by atoms with Crippen molar-refractivity contribution in [2.75, 3.05) is 0 Å². The van der Waals surface area contributed by atoms with Crippen LogP contribution in [0.1, 0.15) is 10.4 Å². The smallest absolute Gasteiger partial charge is 0.545 e. The van der Waals surface area contributed by atoms with Crippen LogP contribution in [0.3, 0.4) is 0 Å². The van der Waals surface area contributed by atoms with Gasteiger partial charge in [0, 0.05) is 5.56 Å². The summed E-state index contributed by atoms with van der Waals surface area (Å²) in [6.45, 7) is 0. The summed E-state index contributed by atoms with van der Waals surface area (Å²) in [5.74, 6) is -2.76. The van der Waals surface area contributed by atoms with Gasteiger partial charge in [-0.1, -0.05) is 6.07 Å². The van der Waals surface area contributed by atoms with Crippen LogP contribution in [0.5, 0.6) is 5.75 Å². The molecule has 1 aromatic carbocycles. The second kappa shape index (κ2) is 5.39. The SMILES string of the molecule is O=C([O-])c1cccc(S(=O)(=O)O)c1O.[K+]. The quantitative estimate of drug-likeness (QED) is 0.412. The number of aromatic hydroxyl groups is 1. The average Bonchev–Trinajstić information content (AvgIpc) is 2.01. The van der Waals surface area contributed by atoms with Gasteiger partial charge in [0.2, 0.25) is 0 Å². The third kappa shape index (κ3) is 3.52. The molecule has 0 aliphatic carbocycles. The third-order valence-corrected chi connectivity index (χ3v) is 2.38. The first-order valence-electron chi connectivity index (χ1n) is 3.35. The summed E-state index contributed by atoms with van der Waals surface area (Å²) < 4.78 is 29.8. The molecule has 0 fully saturated rings. The van der Waals surface area contributed by atoms with Crippen LogP contribution in [-0.2, 0) is 10.1 Å². The summed E-state index contributed by atoms with van der Waals surface area (Å²) >= 11 is 0. The number of carboxylic acid groups (broad SMARTS) is 1. The Balaban J connectivity index is 0.00000196. The van der Waals surface area contributed by atoms with E-state index in [0.29, 0.717) is 0 Å². The van der Waals surface area contributed by atoms with E-state index in [1.54, 1.807) is 0 Å². The Morgan fingerprint density at radius 2 is 1.87 bits per heavy atom. The van der Waals surface area contributed by atoms with Crippen LogP contribution in [0.25, 0.3) is 0 Å². The fourth-order valence-electron chi connectivity index (χ4n) is 0.895. The van der Waals surface area contributed by atoms with Gasteiger partial charge in [0.05, 0.1) is 5.97 Å². The van der Waals surface area contributed by atoms with Crippen LogP contribution in [-0.4, -0.2) is 24.0 Å². The molecule has 0 spiro atoms. The van der Waals surface area contributed by atoms with E-state index in [1.165, 1.54) is 0 Å². The van der Waals surface area contributed by atoms with Gasteiger partial charge in [-0.2, -0.15) is 8.42 Å². The second-order valence-corrected chi connectivity index (χ2v) is 3.80. The Bertz CT molecular complexity index is 480. The van der Waals surface area contributed by atoms with Crippen molar-refractivity contribution in [2.24, 2.45) is 0 Å². The molecule has 15 heavy (non-hydrogen) atoms. The molecule has 8 heteroatoms. The molecule has 2 N–H and O–H groups in total. The van der Waals surface area contributed by atoms with Gasteiger partial charge < -0.3 is 15.0 Å². The van der Waals surface area contributed by atoms with Crippen LogP contribution >= 0.6 is 0 Å². The molecule has 0 saturated carbocycles. The van der Waals surface area contributed by atoms with Crippen molar-refractivity contribution in [1.82, 2.24) is 0 Å². The number of para-hydroxylation sites is 1. The molecule has 0 aromatic heterocycles. The zero-order valence-electron chi connectivity index (χ0n) is 7.67. The van der Waals surface area contributed by atoms with Gasteiger partial charge in [-0.3, -0.25) is 4.55 Å². The fourth-order valence-corrected chi connectivity index (χ4v) is 1.50. The maximum absolute atomic E-state index is 10.6. The topological polar surface area (TPSA) is 115 Å². The normalized spacial score (nSPS) is 10.5. The first kappa shape index (κ1) is 15.0. The monoisotopic (exact) mass is 256 g/mol. The fraction of sp³-hybridized carbons (Fsp3) is 0. The Kier molecular flexibility index (Phi) is 5.40. The van der Waals surface area contributed by atoms with Crippen molar-refractivity contribution in [3.05, 3.63) is 23.8 Å². The molecule has 1 rings (SSSR count). The van der Waals surface area contributed by atoms with Crippen molar-refractivity contribution in [2.45, 2.75) is 4.90 Å². The van der Waals surface area contributed by atoms with Crippen LogP contribution < -0.4 is 56.5 Å². The molecule has 0 radical (unpaired) electrons. The van der Waals surface area contributed by atoms with Gasteiger partial charge in [-0.25, -0.2) is 0 Å². The first-order valence-corrected chi connectivity index (χ1v) is 4.79. The number of aromatic carboxylic acids is 1. The first-order chi connectivity index (χ1) is 6.34. The molecule has 76 valence electrons. The summed E-state index contributed by atoms with van der Waals surface area (Å²) in [4.78, 5) is 9.49. The Labute approximate surface area is 128 Å². The van der Waals surface area contributed by atoms with Gasteiger partial charge in [-0.15, -0.1) is 0 Å². The molecule has 0 bridgehead atoms. The van der Waals surface area contributed by atoms with E-state index in [0.717, 1.165) is 18.2 Å². The molecule has 0 unspecified atom stereocenters. The predicted molar refractivity (Wildman–Crippen MR) is 42.3 cm³/mol. The number of carbonyl (C=O) groups is 1. The van der Waals surface area contributed by atoms with Crippen LogP contribution in [0.15, 0.2) is 23.1 Å². The van der Waals surface area contributed by atoms with E-state index in [1.807, 2.05) is 0 Å². The molecule has 1 aromatic rings. The van der Waals surface area contributed by atoms with E-state index >= 15 is 0 Å². The minimum atomic E-state index is -4.63. The number of carboxylic acids is 1. The molecule has 0 saturated heterocycles. The molecule has 0 amide bonds. The summed E-state index contributed by atoms with van der Waals surface area (Å²) in [6, 6.07) is 2.89. The largest absolute Gasteiger partial charge is 1.00 e. The van der Waals surface area contributed by atoms with Gasteiger partial charge in [-0.05, 0) is 12.1 Å². The maximum atomic E-state index is 10.6. The average molecular weight is 256 g/mol. The van der Waals surface area contributed by atoms with Gasteiger partial charge in [0.25, 0.3) is 10.1 Å². The molecule has 0 aliphatic heterocycles. The van der Waals surface area contributed by atoms with Crippen molar-refractivity contribution >= 4 is 16.1 Å². The number of hydrogen-bond acceptors (Lipinski definition) is 5. The second-order valence-electron chi connectivity index (χ2n) is 2.41. The van der Waals surface area contributed by atoms with Crippen molar-refractivity contribution in [3.63, 3.8) is 0 Å².